The van der Waals surface area contributed by atoms with Crippen molar-refractivity contribution in [1.29, 1.82) is 0 Å². The molecule has 1 fully saturated rings. The van der Waals surface area contributed by atoms with Crippen LogP contribution in [0.25, 0.3) is 0 Å². The number of nitrogens with one attached hydrogen (secondary N) is 1. The zero-order valence-corrected chi connectivity index (χ0v) is 11.0. The summed E-state index contributed by atoms with van der Waals surface area (Å²) in [5.41, 5.74) is 0. The van der Waals surface area contributed by atoms with Crippen molar-refractivity contribution < 1.29 is 4.79 Å². The quantitative estimate of drug-likeness (QED) is 0.745. The Kier molecular flexibility index (Phi) is 5.81. The first-order valence-electron chi connectivity index (χ1n) is 6.60. The number of amides is 1. The molecule has 0 heterocycles. The molecule has 1 aliphatic rings. The third kappa shape index (κ3) is 4.52. The molecule has 3 heteroatoms. The summed E-state index contributed by atoms with van der Waals surface area (Å²) in [6, 6.07) is 0.857. The highest BCUT2D eigenvalue weighted by Crippen LogP contribution is 2.20. The SMILES string of the molecule is CC(C)NCC(=O)N(C)C1CCCCCC1. The zero-order valence-electron chi connectivity index (χ0n) is 11.0. The molecule has 0 aromatic carbocycles. The van der Waals surface area contributed by atoms with E-state index in [9.17, 15) is 4.79 Å². The average Bonchev–Trinajstić information content (AvgIpc) is 2.53. The van der Waals surface area contributed by atoms with Crippen LogP contribution >= 0.6 is 0 Å². The van der Waals surface area contributed by atoms with Gasteiger partial charge in [-0.1, -0.05) is 39.5 Å². The molecular weight excluding hydrogens is 200 g/mol. The van der Waals surface area contributed by atoms with Gasteiger partial charge in [0.2, 0.25) is 5.91 Å². The van der Waals surface area contributed by atoms with Crippen molar-refractivity contribution in [2.75, 3.05) is 13.6 Å². The third-order valence-electron chi connectivity index (χ3n) is 3.43. The number of nitrogens with zero attached hydrogens (tertiary/aromatic N) is 1. The van der Waals surface area contributed by atoms with Crippen LogP contribution in [-0.2, 0) is 4.79 Å². The first-order chi connectivity index (χ1) is 7.61. The smallest absolute Gasteiger partial charge is 0.236 e. The molecular formula is C13H26N2O. The minimum absolute atomic E-state index is 0.237. The molecule has 0 unspecified atom stereocenters. The second kappa shape index (κ2) is 6.89. The van der Waals surface area contributed by atoms with Gasteiger partial charge in [-0.05, 0) is 12.8 Å². The Balaban J connectivity index is 2.35. The highest BCUT2D eigenvalue weighted by Gasteiger charge is 2.20. The van der Waals surface area contributed by atoms with Gasteiger partial charge in [-0.3, -0.25) is 4.79 Å². The van der Waals surface area contributed by atoms with Crippen LogP contribution in [0.2, 0.25) is 0 Å². The van der Waals surface area contributed by atoms with Gasteiger partial charge in [-0.2, -0.15) is 0 Å². The molecule has 1 saturated carbocycles. The Morgan fingerprint density at radius 1 is 1.25 bits per heavy atom. The Labute approximate surface area is 99.6 Å². The molecule has 0 aromatic heterocycles. The van der Waals surface area contributed by atoms with Crippen molar-refractivity contribution in [3.8, 4) is 0 Å². The van der Waals surface area contributed by atoms with E-state index in [1.54, 1.807) is 0 Å². The van der Waals surface area contributed by atoms with Gasteiger partial charge >= 0.3 is 0 Å². The van der Waals surface area contributed by atoms with Crippen LogP contribution in [-0.4, -0.2) is 36.5 Å². The molecule has 0 bridgehead atoms. The molecule has 1 aliphatic carbocycles. The summed E-state index contributed by atoms with van der Waals surface area (Å²) in [7, 11) is 1.96. The van der Waals surface area contributed by atoms with E-state index >= 15 is 0 Å². The van der Waals surface area contributed by atoms with Crippen LogP contribution in [0, 0.1) is 0 Å². The van der Waals surface area contributed by atoms with Crippen molar-refractivity contribution in [2.45, 2.75) is 64.5 Å². The molecule has 1 rings (SSSR count). The monoisotopic (exact) mass is 226 g/mol. The number of hydrogen-bond donors (Lipinski definition) is 1. The van der Waals surface area contributed by atoms with Gasteiger partial charge in [0.1, 0.15) is 0 Å². The molecule has 94 valence electrons. The van der Waals surface area contributed by atoms with Gasteiger partial charge in [0.25, 0.3) is 0 Å². The fourth-order valence-corrected chi connectivity index (χ4v) is 2.26. The Bertz CT molecular complexity index is 208. The zero-order chi connectivity index (χ0) is 12.0. The van der Waals surface area contributed by atoms with E-state index < -0.39 is 0 Å². The lowest BCUT2D eigenvalue weighted by Gasteiger charge is -2.27. The Hall–Kier alpha value is -0.570. The van der Waals surface area contributed by atoms with E-state index in [4.69, 9.17) is 0 Å². The molecule has 0 atom stereocenters. The van der Waals surface area contributed by atoms with E-state index in [1.807, 2.05) is 11.9 Å². The predicted molar refractivity (Wildman–Crippen MR) is 67.4 cm³/mol. The summed E-state index contributed by atoms with van der Waals surface area (Å²) in [6.45, 7) is 4.61. The van der Waals surface area contributed by atoms with Gasteiger partial charge in [0.05, 0.1) is 6.54 Å². The number of rotatable bonds is 4. The van der Waals surface area contributed by atoms with E-state index in [-0.39, 0.29) is 5.91 Å². The van der Waals surface area contributed by atoms with Gasteiger partial charge < -0.3 is 10.2 Å². The third-order valence-corrected chi connectivity index (χ3v) is 3.43. The molecule has 0 spiro atoms. The molecule has 1 N–H and O–H groups in total. The van der Waals surface area contributed by atoms with E-state index in [0.717, 1.165) is 0 Å². The molecule has 0 radical (unpaired) electrons. The van der Waals surface area contributed by atoms with Crippen molar-refractivity contribution in [3.05, 3.63) is 0 Å². The Morgan fingerprint density at radius 3 is 2.31 bits per heavy atom. The lowest BCUT2D eigenvalue weighted by Crippen LogP contribution is -2.43. The van der Waals surface area contributed by atoms with Crippen LogP contribution in [0.1, 0.15) is 52.4 Å². The maximum absolute atomic E-state index is 11.9. The molecule has 0 aromatic rings. The number of hydrogen-bond acceptors (Lipinski definition) is 2. The highest BCUT2D eigenvalue weighted by atomic mass is 16.2. The summed E-state index contributed by atoms with van der Waals surface area (Å²) in [5, 5.41) is 3.19. The second-order valence-electron chi connectivity index (χ2n) is 5.19. The molecule has 1 amide bonds. The fraction of sp³-hybridized carbons (Fsp3) is 0.923. The maximum atomic E-state index is 11.9. The first kappa shape index (κ1) is 13.5. The van der Waals surface area contributed by atoms with E-state index in [1.165, 1.54) is 38.5 Å². The lowest BCUT2D eigenvalue weighted by molar-refractivity contribution is -0.131. The number of carbonyl (C=O) groups excluding carboxylic acids is 1. The molecule has 0 saturated heterocycles. The van der Waals surface area contributed by atoms with Crippen molar-refractivity contribution >= 4 is 5.91 Å². The van der Waals surface area contributed by atoms with Gasteiger partial charge in [0.15, 0.2) is 0 Å². The summed E-state index contributed by atoms with van der Waals surface area (Å²) in [5.74, 6) is 0.237. The van der Waals surface area contributed by atoms with Crippen LogP contribution in [0.15, 0.2) is 0 Å². The number of carbonyl (C=O) groups is 1. The van der Waals surface area contributed by atoms with Crippen LogP contribution < -0.4 is 5.32 Å². The summed E-state index contributed by atoms with van der Waals surface area (Å²) >= 11 is 0. The topological polar surface area (TPSA) is 32.3 Å². The molecule has 3 nitrogen and oxygen atoms in total. The van der Waals surface area contributed by atoms with Crippen LogP contribution in [0.4, 0.5) is 0 Å². The first-order valence-corrected chi connectivity index (χ1v) is 6.60. The maximum Gasteiger partial charge on any atom is 0.236 e. The van der Waals surface area contributed by atoms with Crippen molar-refractivity contribution in [3.63, 3.8) is 0 Å². The lowest BCUT2D eigenvalue weighted by atomic mass is 10.1. The van der Waals surface area contributed by atoms with E-state index in [2.05, 4.69) is 19.2 Å². The Morgan fingerprint density at radius 2 is 1.81 bits per heavy atom. The molecule has 0 aliphatic heterocycles. The van der Waals surface area contributed by atoms with Gasteiger partial charge in [-0.25, -0.2) is 0 Å². The highest BCUT2D eigenvalue weighted by molar-refractivity contribution is 5.78. The normalized spacial score (nSPS) is 18.5. The molecule has 16 heavy (non-hydrogen) atoms. The minimum Gasteiger partial charge on any atom is -0.342 e. The van der Waals surface area contributed by atoms with Crippen molar-refractivity contribution in [1.82, 2.24) is 10.2 Å². The van der Waals surface area contributed by atoms with Crippen LogP contribution in [0.5, 0.6) is 0 Å². The summed E-state index contributed by atoms with van der Waals surface area (Å²) < 4.78 is 0. The fourth-order valence-electron chi connectivity index (χ4n) is 2.26. The number of likely N-dealkylation sites (N-methyl/N-ethyl adjacent to an activating group) is 1. The largest absolute Gasteiger partial charge is 0.342 e. The van der Waals surface area contributed by atoms with Crippen molar-refractivity contribution in [2.24, 2.45) is 0 Å². The minimum atomic E-state index is 0.237. The van der Waals surface area contributed by atoms with E-state index in [0.29, 0.717) is 18.6 Å². The van der Waals surface area contributed by atoms with Gasteiger partial charge in [0, 0.05) is 19.1 Å². The summed E-state index contributed by atoms with van der Waals surface area (Å²) in [6.07, 6.45) is 7.60. The standard InChI is InChI=1S/C13H26N2O/c1-11(2)14-10-13(16)15(3)12-8-6-4-5-7-9-12/h11-12,14H,4-10H2,1-3H3. The second-order valence-corrected chi connectivity index (χ2v) is 5.19. The average molecular weight is 226 g/mol. The predicted octanol–water partition coefficient (Wildman–Crippen LogP) is 2.17. The van der Waals surface area contributed by atoms with Gasteiger partial charge in [-0.15, -0.1) is 0 Å². The summed E-state index contributed by atoms with van der Waals surface area (Å²) in [4.78, 5) is 13.9. The van der Waals surface area contributed by atoms with Crippen LogP contribution in [0.3, 0.4) is 0 Å².